The Balaban J connectivity index is 1.58. The van der Waals surface area contributed by atoms with Gasteiger partial charge in [0.05, 0.1) is 18.8 Å². The number of ether oxygens (including phenoxy) is 3. The van der Waals surface area contributed by atoms with Crippen molar-refractivity contribution in [3.63, 3.8) is 0 Å². The van der Waals surface area contributed by atoms with Crippen molar-refractivity contribution in [3.05, 3.63) is 77.9 Å². The zero-order chi connectivity index (χ0) is 19.9. The molecule has 1 fully saturated rings. The summed E-state index contributed by atoms with van der Waals surface area (Å²) in [6.07, 6.45) is 3.06. The zero-order valence-corrected chi connectivity index (χ0v) is 15.9. The first kappa shape index (κ1) is 20.0. The summed E-state index contributed by atoms with van der Waals surface area (Å²) in [5, 5.41) is 0. The summed E-state index contributed by atoms with van der Waals surface area (Å²) < 4.78 is 16.9. The van der Waals surface area contributed by atoms with Crippen LogP contribution in [-0.2, 0) is 9.47 Å². The molecule has 0 aliphatic carbocycles. The van der Waals surface area contributed by atoms with Gasteiger partial charge in [-0.25, -0.2) is 4.79 Å². The van der Waals surface area contributed by atoms with Crippen LogP contribution < -0.4 is 4.74 Å². The molecule has 1 heterocycles. The molecule has 0 atom stereocenters. The van der Waals surface area contributed by atoms with E-state index in [1.54, 1.807) is 36.4 Å². The third-order valence-electron chi connectivity index (χ3n) is 4.62. The first-order valence-corrected chi connectivity index (χ1v) is 9.43. The van der Waals surface area contributed by atoms with Gasteiger partial charge < -0.3 is 14.2 Å². The van der Waals surface area contributed by atoms with Crippen LogP contribution in [0.25, 0.3) is 0 Å². The SMILES string of the molecule is C=CC(=O)c1ccc(OC(=O)c2ccc(C3OCC(CCC)CO3)cc2)cc1. The Morgan fingerprint density at radius 3 is 2.21 bits per heavy atom. The van der Waals surface area contributed by atoms with Crippen molar-refractivity contribution in [2.75, 3.05) is 13.2 Å². The Hall–Kier alpha value is -2.76. The van der Waals surface area contributed by atoms with E-state index in [1.165, 1.54) is 6.08 Å². The van der Waals surface area contributed by atoms with Crippen molar-refractivity contribution in [1.82, 2.24) is 0 Å². The second-order valence-corrected chi connectivity index (χ2v) is 6.76. The molecule has 1 aliphatic heterocycles. The van der Waals surface area contributed by atoms with E-state index in [9.17, 15) is 9.59 Å². The highest BCUT2D eigenvalue weighted by molar-refractivity contribution is 6.04. The third kappa shape index (κ3) is 4.94. The molecule has 0 amide bonds. The van der Waals surface area contributed by atoms with Gasteiger partial charge in [-0.05, 0) is 48.9 Å². The van der Waals surface area contributed by atoms with Crippen LogP contribution in [0, 0.1) is 5.92 Å². The maximum absolute atomic E-state index is 12.3. The van der Waals surface area contributed by atoms with Gasteiger partial charge >= 0.3 is 5.97 Å². The Morgan fingerprint density at radius 1 is 1.04 bits per heavy atom. The Labute approximate surface area is 164 Å². The van der Waals surface area contributed by atoms with E-state index < -0.39 is 12.3 Å². The number of rotatable bonds is 7. The van der Waals surface area contributed by atoms with Gasteiger partial charge in [-0.2, -0.15) is 0 Å². The quantitative estimate of drug-likeness (QED) is 0.301. The Bertz CT molecular complexity index is 815. The van der Waals surface area contributed by atoms with Crippen LogP contribution >= 0.6 is 0 Å². The molecule has 2 aromatic carbocycles. The summed E-state index contributed by atoms with van der Waals surface area (Å²) >= 11 is 0. The van der Waals surface area contributed by atoms with Crippen LogP contribution in [0.1, 0.15) is 52.3 Å². The van der Waals surface area contributed by atoms with Crippen LogP contribution in [0.15, 0.2) is 61.2 Å². The number of carbonyl (C=O) groups excluding carboxylic acids is 2. The van der Waals surface area contributed by atoms with Crippen LogP contribution in [0.5, 0.6) is 5.75 Å². The largest absolute Gasteiger partial charge is 0.423 e. The monoisotopic (exact) mass is 380 g/mol. The minimum Gasteiger partial charge on any atom is -0.423 e. The van der Waals surface area contributed by atoms with Gasteiger partial charge in [-0.3, -0.25) is 4.79 Å². The van der Waals surface area contributed by atoms with Gasteiger partial charge in [0, 0.05) is 17.0 Å². The van der Waals surface area contributed by atoms with Crippen LogP contribution in [0.3, 0.4) is 0 Å². The molecule has 28 heavy (non-hydrogen) atoms. The molecule has 0 aromatic heterocycles. The number of hydrogen-bond donors (Lipinski definition) is 0. The predicted molar refractivity (Wildman–Crippen MR) is 105 cm³/mol. The number of hydrogen-bond acceptors (Lipinski definition) is 5. The third-order valence-corrected chi connectivity index (χ3v) is 4.62. The fourth-order valence-electron chi connectivity index (χ4n) is 3.06. The first-order chi connectivity index (χ1) is 13.6. The van der Waals surface area contributed by atoms with Gasteiger partial charge in [0.15, 0.2) is 12.1 Å². The van der Waals surface area contributed by atoms with Crippen LogP contribution in [0.2, 0.25) is 0 Å². The summed E-state index contributed by atoms with van der Waals surface area (Å²) in [7, 11) is 0. The van der Waals surface area contributed by atoms with Gasteiger partial charge in [-0.1, -0.05) is 32.1 Å². The summed E-state index contributed by atoms with van der Waals surface area (Å²) in [6, 6.07) is 13.4. The van der Waals surface area contributed by atoms with E-state index in [4.69, 9.17) is 14.2 Å². The fraction of sp³-hybridized carbons (Fsp3) is 0.304. The van der Waals surface area contributed by atoms with Crippen LogP contribution in [-0.4, -0.2) is 25.0 Å². The van der Waals surface area contributed by atoms with Crippen LogP contribution in [0.4, 0.5) is 0 Å². The standard InChI is InChI=1S/C23H24O5/c1-3-5-16-14-26-23(27-15-16)19-8-6-18(7-9-19)22(25)28-20-12-10-17(11-13-20)21(24)4-2/h4,6-13,16,23H,2-3,5,14-15H2,1H3. The Kier molecular flexibility index (Phi) is 6.74. The lowest BCUT2D eigenvalue weighted by Crippen LogP contribution is -2.27. The minimum atomic E-state index is -0.470. The van der Waals surface area contributed by atoms with Crippen molar-refractivity contribution in [2.45, 2.75) is 26.1 Å². The second-order valence-electron chi connectivity index (χ2n) is 6.76. The molecule has 0 unspecified atom stereocenters. The smallest absolute Gasteiger partial charge is 0.343 e. The van der Waals surface area contributed by atoms with E-state index >= 15 is 0 Å². The lowest BCUT2D eigenvalue weighted by Gasteiger charge is -2.29. The normalized spacial score (nSPS) is 19.0. The van der Waals surface area contributed by atoms with Crippen molar-refractivity contribution >= 4 is 11.8 Å². The molecule has 5 heteroatoms. The predicted octanol–water partition coefficient (Wildman–Crippen LogP) is 4.74. The topological polar surface area (TPSA) is 61.8 Å². The van der Waals surface area contributed by atoms with E-state index in [0.717, 1.165) is 18.4 Å². The maximum atomic E-state index is 12.3. The van der Waals surface area contributed by atoms with Gasteiger partial charge in [0.1, 0.15) is 5.75 Å². The van der Waals surface area contributed by atoms with Crippen molar-refractivity contribution in [1.29, 1.82) is 0 Å². The highest BCUT2D eigenvalue weighted by Gasteiger charge is 2.23. The van der Waals surface area contributed by atoms with Gasteiger partial charge in [0.2, 0.25) is 0 Å². The summed E-state index contributed by atoms with van der Waals surface area (Å²) in [5.41, 5.74) is 1.79. The van der Waals surface area contributed by atoms with E-state index in [1.807, 2.05) is 12.1 Å². The molecule has 0 spiro atoms. The number of benzene rings is 2. The molecule has 1 saturated heterocycles. The van der Waals surface area contributed by atoms with Crippen molar-refractivity contribution < 1.29 is 23.8 Å². The molecule has 0 radical (unpaired) electrons. The van der Waals surface area contributed by atoms with E-state index in [-0.39, 0.29) is 5.78 Å². The number of esters is 1. The summed E-state index contributed by atoms with van der Waals surface area (Å²) in [6.45, 7) is 6.97. The molecule has 0 N–H and O–H groups in total. The zero-order valence-electron chi connectivity index (χ0n) is 15.9. The van der Waals surface area contributed by atoms with E-state index in [2.05, 4.69) is 13.5 Å². The molecule has 0 saturated carbocycles. The summed E-state index contributed by atoms with van der Waals surface area (Å²) in [4.78, 5) is 23.9. The fourth-order valence-corrected chi connectivity index (χ4v) is 3.06. The first-order valence-electron chi connectivity index (χ1n) is 9.43. The van der Waals surface area contributed by atoms with Crippen molar-refractivity contribution in [2.24, 2.45) is 5.92 Å². The number of carbonyl (C=O) groups is 2. The lowest BCUT2D eigenvalue weighted by molar-refractivity contribution is -0.206. The molecular weight excluding hydrogens is 356 g/mol. The van der Waals surface area contributed by atoms with Gasteiger partial charge in [0.25, 0.3) is 0 Å². The van der Waals surface area contributed by atoms with Crippen molar-refractivity contribution in [3.8, 4) is 5.75 Å². The average Bonchev–Trinajstić information content (AvgIpc) is 2.74. The molecule has 146 valence electrons. The molecule has 5 nitrogen and oxygen atoms in total. The lowest BCUT2D eigenvalue weighted by atomic mass is 10.0. The molecule has 1 aliphatic rings. The molecule has 2 aromatic rings. The molecular formula is C23H24O5. The number of ketones is 1. The average molecular weight is 380 g/mol. The molecule has 3 rings (SSSR count). The van der Waals surface area contributed by atoms with E-state index in [0.29, 0.717) is 36.0 Å². The number of allylic oxidation sites excluding steroid dienone is 1. The minimum absolute atomic E-state index is 0.179. The summed E-state index contributed by atoms with van der Waals surface area (Å²) in [5.74, 6) is 0.170. The highest BCUT2D eigenvalue weighted by atomic mass is 16.7. The molecule has 0 bridgehead atoms. The second kappa shape index (κ2) is 9.44. The highest BCUT2D eigenvalue weighted by Crippen LogP contribution is 2.27. The Morgan fingerprint density at radius 2 is 1.64 bits per heavy atom. The van der Waals surface area contributed by atoms with Gasteiger partial charge in [-0.15, -0.1) is 0 Å². The maximum Gasteiger partial charge on any atom is 0.343 e.